The fourth-order valence-electron chi connectivity index (χ4n) is 1.40. The molecule has 0 saturated carbocycles. The van der Waals surface area contributed by atoms with Crippen molar-refractivity contribution in [2.24, 2.45) is 0 Å². The van der Waals surface area contributed by atoms with E-state index < -0.39 is 0 Å². The van der Waals surface area contributed by atoms with Crippen molar-refractivity contribution in [2.45, 2.75) is 11.8 Å². The van der Waals surface area contributed by atoms with Gasteiger partial charge in [0.15, 0.2) is 0 Å². The minimum atomic E-state index is 1.11. The maximum Gasteiger partial charge on any atom is 0.0653 e. The van der Waals surface area contributed by atoms with Gasteiger partial charge in [-0.05, 0) is 42.6 Å². The first-order valence-electron chi connectivity index (χ1n) is 5.15. The van der Waals surface area contributed by atoms with Crippen molar-refractivity contribution in [1.82, 2.24) is 4.98 Å². The Bertz CT molecular complexity index is 456. The predicted octanol–water partition coefficient (Wildman–Crippen LogP) is 3.53. The van der Waals surface area contributed by atoms with Gasteiger partial charge in [-0.25, -0.2) is 0 Å². The van der Waals surface area contributed by atoms with Gasteiger partial charge < -0.3 is 4.31 Å². The van der Waals surface area contributed by atoms with Gasteiger partial charge in [0.05, 0.1) is 11.9 Å². The molecule has 82 valence electrons. The normalized spacial score (nSPS) is 10.1. The first-order chi connectivity index (χ1) is 7.77. The molecule has 2 nitrogen and oxygen atoms in total. The molecule has 2 aromatic rings. The second-order valence-electron chi connectivity index (χ2n) is 3.57. The van der Waals surface area contributed by atoms with Crippen LogP contribution >= 0.6 is 11.9 Å². The molecule has 0 saturated heterocycles. The van der Waals surface area contributed by atoms with Crippen molar-refractivity contribution < 1.29 is 0 Å². The Balaban J connectivity index is 2.14. The summed E-state index contributed by atoms with van der Waals surface area (Å²) in [6.07, 6.45) is 3.65. The fourth-order valence-corrected chi connectivity index (χ4v) is 2.26. The molecule has 0 atom stereocenters. The van der Waals surface area contributed by atoms with Crippen LogP contribution in [-0.4, -0.2) is 12.0 Å². The van der Waals surface area contributed by atoms with Gasteiger partial charge in [-0.15, -0.1) is 0 Å². The highest BCUT2D eigenvalue weighted by Crippen LogP contribution is 2.28. The van der Waals surface area contributed by atoms with Crippen LogP contribution in [0.2, 0.25) is 0 Å². The highest BCUT2D eigenvalue weighted by Gasteiger charge is 2.04. The molecule has 0 unspecified atom stereocenters. The lowest BCUT2D eigenvalue weighted by molar-refractivity contribution is 1.24. The number of rotatable bonds is 3. The Labute approximate surface area is 100 Å². The highest BCUT2D eigenvalue weighted by molar-refractivity contribution is 8.00. The van der Waals surface area contributed by atoms with Crippen molar-refractivity contribution in [3.05, 3.63) is 54.4 Å². The van der Waals surface area contributed by atoms with Crippen LogP contribution in [-0.2, 0) is 0 Å². The van der Waals surface area contributed by atoms with E-state index >= 15 is 0 Å². The number of pyridine rings is 1. The van der Waals surface area contributed by atoms with Gasteiger partial charge in [0.25, 0.3) is 0 Å². The number of hydrogen-bond acceptors (Lipinski definition) is 3. The van der Waals surface area contributed by atoms with Gasteiger partial charge in [-0.3, -0.25) is 4.98 Å². The van der Waals surface area contributed by atoms with Crippen LogP contribution < -0.4 is 4.31 Å². The van der Waals surface area contributed by atoms with E-state index in [-0.39, 0.29) is 0 Å². The molecule has 0 N–H and O–H groups in total. The maximum atomic E-state index is 4.11. The molecular formula is C13H14N2S. The van der Waals surface area contributed by atoms with Gasteiger partial charge in [0.1, 0.15) is 0 Å². The summed E-state index contributed by atoms with van der Waals surface area (Å²) >= 11 is 1.72. The Kier molecular flexibility index (Phi) is 3.47. The van der Waals surface area contributed by atoms with Crippen LogP contribution in [0.5, 0.6) is 0 Å². The molecule has 0 aliphatic rings. The molecular weight excluding hydrogens is 216 g/mol. The molecule has 0 amide bonds. The third kappa shape index (κ3) is 2.55. The minimum absolute atomic E-state index is 1.11. The lowest BCUT2D eigenvalue weighted by atomic mass is 10.2. The van der Waals surface area contributed by atoms with Crippen molar-refractivity contribution in [1.29, 1.82) is 0 Å². The van der Waals surface area contributed by atoms with E-state index in [0.29, 0.717) is 0 Å². The van der Waals surface area contributed by atoms with Gasteiger partial charge in [0.2, 0.25) is 0 Å². The molecule has 0 bridgehead atoms. The average molecular weight is 230 g/mol. The summed E-state index contributed by atoms with van der Waals surface area (Å²) in [5.74, 6) is 0. The molecule has 0 radical (unpaired) electrons. The Morgan fingerprint density at radius 1 is 1.12 bits per heavy atom. The summed E-state index contributed by atoms with van der Waals surface area (Å²) in [7, 11) is 2.05. The zero-order valence-corrected chi connectivity index (χ0v) is 10.2. The van der Waals surface area contributed by atoms with Crippen molar-refractivity contribution in [3.63, 3.8) is 0 Å². The Hall–Kier alpha value is -1.48. The van der Waals surface area contributed by atoms with Crippen LogP contribution in [0, 0.1) is 6.92 Å². The number of anilines is 1. The molecule has 0 aliphatic heterocycles. The van der Waals surface area contributed by atoms with E-state index in [9.17, 15) is 0 Å². The fraction of sp³-hybridized carbons (Fsp3) is 0.154. The topological polar surface area (TPSA) is 16.1 Å². The third-order valence-corrected chi connectivity index (χ3v) is 3.48. The lowest BCUT2D eigenvalue weighted by Crippen LogP contribution is -2.06. The van der Waals surface area contributed by atoms with Crippen molar-refractivity contribution in [3.8, 4) is 0 Å². The molecule has 0 spiro atoms. The summed E-state index contributed by atoms with van der Waals surface area (Å²) < 4.78 is 2.12. The summed E-state index contributed by atoms with van der Waals surface area (Å²) in [5, 5.41) is 0. The van der Waals surface area contributed by atoms with Crippen LogP contribution in [0.15, 0.2) is 53.7 Å². The van der Waals surface area contributed by atoms with E-state index in [1.54, 1.807) is 18.1 Å². The van der Waals surface area contributed by atoms with E-state index in [1.165, 1.54) is 10.5 Å². The number of nitrogens with zero attached hydrogens (tertiary/aromatic N) is 2. The molecule has 0 aliphatic carbocycles. The zero-order chi connectivity index (χ0) is 11.4. The lowest BCUT2D eigenvalue weighted by Gasteiger charge is -2.18. The summed E-state index contributed by atoms with van der Waals surface area (Å²) in [6, 6.07) is 12.4. The van der Waals surface area contributed by atoms with Gasteiger partial charge in [-0.1, -0.05) is 18.2 Å². The quantitative estimate of drug-likeness (QED) is 0.750. The predicted molar refractivity (Wildman–Crippen MR) is 69.7 cm³/mol. The molecule has 2 rings (SSSR count). The second kappa shape index (κ2) is 5.03. The molecule has 0 fully saturated rings. The second-order valence-corrected chi connectivity index (χ2v) is 4.74. The van der Waals surface area contributed by atoms with Gasteiger partial charge in [0, 0.05) is 18.1 Å². The Morgan fingerprint density at radius 2 is 1.94 bits per heavy atom. The number of benzene rings is 1. The molecule has 3 heteroatoms. The summed E-state index contributed by atoms with van der Waals surface area (Å²) in [6.45, 7) is 2.12. The number of hydrogen-bond donors (Lipinski definition) is 0. The van der Waals surface area contributed by atoms with Crippen LogP contribution in [0.1, 0.15) is 5.56 Å². The third-order valence-electron chi connectivity index (χ3n) is 2.34. The highest BCUT2D eigenvalue weighted by atomic mass is 32.2. The first-order valence-corrected chi connectivity index (χ1v) is 5.92. The van der Waals surface area contributed by atoms with Gasteiger partial charge >= 0.3 is 0 Å². The van der Waals surface area contributed by atoms with Crippen molar-refractivity contribution in [2.75, 3.05) is 11.4 Å². The Morgan fingerprint density at radius 3 is 2.62 bits per heavy atom. The van der Waals surface area contributed by atoms with Crippen molar-refractivity contribution >= 4 is 17.6 Å². The minimum Gasteiger partial charge on any atom is -0.314 e. The summed E-state index contributed by atoms with van der Waals surface area (Å²) in [5.41, 5.74) is 2.40. The molecule has 1 aromatic carbocycles. The van der Waals surface area contributed by atoms with E-state index in [4.69, 9.17) is 0 Å². The smallest absolute Gasteiger partial charge is 0.0653 e. The van der Waals surface area contributed by atoms with E-state index in [2.05, 4.69) is 46.5 Å². The standard InChI is InChI=1S/C13H14N2S/c1-11-6-3-4-8-13(11)16-15(2)12-7-5-9-14-10-12/h3-10H,1-2H3. The average Bonchev–Trinajstić information content (AvgIpc) is 2.33. The zero-order valence-electron chi connectivity index (χ0n) is 9.42. The number of aryl methyl sites for hydroxylation is 1. The number of aromatic nitrogens is 1. The van der Waals surface area contributed by atoms with Crippen LogP contribution in [0.4, 0.5) is 5.69 Å². The monoisotopic (exact) mass is 230 g/mol. The van der Waals surface area contributed by atoms with Crippen LogP contribution in [0.25, 0.3) is 0 Å². The van der Waals surface area contributed by atoms with E-state index in [0.717, 1.165) is 5.69 Å². The largest absolute Gasteiger partial charge is 0.314 e. The molecule has 16 heavy (non-hydrogen) atoms. The van der Waals surface area contributed by atoms with Crippen LogP contribution in [0.3, 0.4) is 0 Å². The SMILES string of the molecule is Cc1ccccc1SN(C)c1cccnc1. The summed E-state index contributed by atoms with van der Waals surface area (Å²) in [4.78, 5) is 5.39. The molecule has 1 aromatic heterocycles. The van der Waals surface area contributed by atoms with Gasteiger partial charge in [-0.2, -0.15) is 0 Å². The van der Waals surface area contributed by atoms with E-state index in [1.807, 2.05) is 19.3 Å². The molecule has 1 heterocycles. The first kappa shape index (κ1) is 11.0. The maximum absolute atomic E-state index is 4.11.